The van der Waals surface area contributed by atoms with Gasteiger partial charge in [0.15, 0.2) is 0 Å². The van der Waals surface area contributed by atoms with Gasteiger partial charge in [-0.1, -0.05) is 6.92 Å². The molecule has 1 N–H and O–H groups in total. The standard InChI is InChI=1S/C11H18N2O/c1-5-12-7-10-9(3)11(14-4)8(2)6-13-10/h6,12H,5,7H2,1-4H3. The quantitative estimate of drug-likeness (QED) is 0.793. The summed E-state index contributed by atoms with van der Waals surface area (Å²) in [4.78, 5) is 4.38. The molecule has 0 bridgehead atoms. The fourth-order valence-electron chi connectivity index (χ4n) is 1.49. The van der Waals surface area contributed by atoms with Gasteiger partial charge in [0.1, 0.15) is 5.75 Å². The van der Waals surface area contributed by atoms with Gasteiger partial charge in [0.25, 0.3) is 0 Å². The predicted octanol–water partition coefficient (Wildman–Crippen LogP) is 1.82. The average Bonchev–Trinajstić information content (AvgIpc) is 2.18. The fraction of sp³-hybridized carbons (Fsp3) is 0.545. The molecule has 0 atom stereocenters. The summed E-state index contributed by atoms with van der Waals surface area (Å²) >= 11 is 0. The lowest BCUT2D eigenvalue weighted by atomic mass is 10.1. The van der Waals surface area contributed by atoms with E-state index in [0.29, 0.717) is 0 Å². The topological polar surface area (TPSA) is 34.2 Å². The van der Waals surface area contributed by atoms with Crippen LogP contribution in [0.5, 0.6) is 5.75 Å². The molecule has 1 aromatic rings. The van der Waals surface area contributed by atoms with Crippen LogP contribution in [0.4, 0.5) is 0 Å². The average molecular weight is 194 g/mol. The van der Waals surface area contributed by atoms with Crippen molar-refractivity contribution in [2.45, 2.75) is 27.3 Å². The van der Waals surface area contributed by atoms with Crippen molar-refractivity contribution in [1.29, 1.82) is 0 Å². The van der Waals surface area contributed by atoms with Gasteiger partial charge in [-0.15, -0.1) is 0 Å². The summed E-state index contributed by atoms with van der Waals surface area (Å²) in [6.45, 7) is 7.90. The summed E-state index contributed by atoms with van der Waals surface area (Å²) in [6, 6.07) is 0. The number of aromatic nitrogens is 1. The molecule has 0 aromatic carbocycles. The van der Waals surface area contributed by atoms with E-state index in [9.17, 15) is 0 Å². The number of nitrogens with one attached hydrogen (secondary N) is 1. The fourth-order valence-corrected chi connectivity index (χ4v) is 1.49. The zero-order valence-corrected chi connectivity index (χ0v) is 9.35. The molecule has 78 valence electrons. The molecule has 1 rings (SSSR count). The Morgan fingerprint density at radius 3 is 2.71 bits per heavy atom. The van der Waals surface area contributed by atoms with Crippen molar-refractivity contribution in [2.75, 3.05) is 13.7 Å². The number of nitrogens with zero attached hydrogens (tertiary/aromatic N) is 1. The van der Waals surface area contributed by atoms with E-state index in [0.717, 1.165) is 35.7 Å². The van der Waals surface area contributed by atoms with E-state index in [1.54, 1.807) is 7.11 Å². The molecular formula is C11H18N2O. The first kappa shape index (κ1) is 11.0. The van der Waals surface area contributed by atoms with Crippen LogP contribution in [-0.2, 0) is 6.54 Å². The Balaban J connectivity index is 2.96. The highest BCUT2D eigenvalue weighted by Gasteiger charge is 2.08. The maximum absolute atomic E-state index is 5.33. The second-order valence-electron chi connectivity index (χ2n) is 3.33. The van der Waals surface area contributed by atoms with Crippen molar-refractivity contribution in [3.8, 4) is 5.75 Å². The number of hydrogen-bond acceptors (Lipinski definition) is 3. The number of methoxy groups -OCH3 is 1. The first-order valence-corrected chi connectivity index (χ1v) is 4.90. The molecule has 0 saturated carbocycles. The molecule has 0 fully saturated rings. The van der Waals surface area contributed by atoms with Crippen molar-refractivity contribution in [2.24, 2.45) is 0 Å². The zero-order valence-electron chi connectivity index (χ0n) is 9.35. The summed E-state index contributed by atoms with van der Waals surface area (Å²) in [5.74, 6) is 0.952. The molecular weight excluding hydrogens is 176 g/mol. The summed E-state index contributed by atoms with van der Waals surface area (Å²) in [7, 11) is 1.70. The maximum Gasteiger partial charge on any atom is 0.128 e. The lowest BCUT2D eigenvalue weighted by Crippen LogP contribution is -2.14. The first-order valence-electron chi connectivity index (χ1n) is 4.90. The van der Waals surface area contributed by atoms with Crippen LogP contribution < -0.4 is 10.1 Å². The van der Waals surface area contributed by atoms with Crippen LogP contribution in [0.2, 0.25) is 0 Å². The van der Waals surface area contributed by atoms with E-state index in [2.05, 4.69) is 17.2 Å². The van der Waals surface area contributed by atoms with E-state index >= 15 is 0 Å². The highest BCUT2D eigenvalue weighted by Crippen LogP contribution is 2.23. The third-order valence-electron chi connectivity index (χ3n) is 2.29. The summed E-state index contributed by atoms with van der Waals surface area (Å²) in [5.41, 5.74) is 3.29. The summed E-state index contributed by atoms with van der Waals surface area (Å²) in [5, 5.41) is 3.26. The van der Waals surface area contributed by atoms with Crippen LogP contribution in [0.15, 0.2) is 6.20 Å². The van der Waals surface area contributed by atoms with Crippen LogP contribution in [0.1, 0.15) is 23.7 Å². The lowest BCUT2D eigenvalue weighted by molar-refractivity contribution is 0.406. The van der Waals surface area contributed by atoms with Gasteiger partial charge in [0.2, 0.25) is 0 Å². The third-order valence-corrected chi connectivity index (χ3v) is 2.29. The number of hydrogen-bond donors (Lipinski definition) is 1. The van der Waals surface area contributed by atoms with E-state index in [-0.39, 0.29) is 0 Å². The van der Waals surface area contributed by atoms with Gasteiger partial charge in [0.05, 0.1) is 12.8 Å². The number of ether oxygens (including phenoxy) is 1. The minimum absolute atomic E-state index is 0.805. The number of pyridine rings is 1. The molecule has 0 aliphatic heterocycles. The minimum atomic E-state index is 0.805. The second-order valence-corrected chi connectivity index (χ2v) is 3.33. The first-order chi connectivity index (χ1) is 6.70. The summed E-state index contributed by atoms with van der Waals surface area (Å²) in [6.07, 6.45) is 1.86. The normalized spacial score (nSPS) is 10.3. The smallest absolute Gasteiger partial charge is 0.128 e. The Bertz CT molecular complexity index is 310. The van der Waals surface area contributed by atoms with Gasteiger partial charge in [-0.3, -0.25) is 4.98 Å². The van der Waals surface area contributed by atoms with Gasteiger partial charge in [-0.05, 0) is 20.4 Å². The SMILES string of the molecule is CCNCc1ncc(C)c(OC)c1C. The monoisotopic (exact) mass is 194 g/mol. The van der Waals surface area contributed by atoms with Gasteiger partial charge in [0, 0.05) is 23.9 Å². The number of rotatable bonds is 4. The van der Waals surface area contributed by atoms with Crippen molar-refractivity contribution in [1.82, 2.24) is 10.3 Å². The molecule has 0 spiro atoms. The zero-order chi connectivity index (χ0) is 10.6. The van der Waals surface area contributed by atoms with Gasteiger partial charge in [-0.2, -0.15) is 0 Å². The highest BCUT2D eigenvalue weighted by atomic mass is 16.5. The lowest BCUT2D eigenvalue weighted by Gasteiger charge is -2.12. The van der Waals surface area contributed by atoms with Gasteiger partial charge >= 0.3 is 0 Å². The molecule has 14 heavy (non-hydrogen) atoms. The van der Waals surface area contributed by atoms with Crippen LogP contribution >= 0.6 is 0 Å². The molecule has 0 radical (unpaired) electrons. The predicted molar refractivity (Wildman–Crippen MR) is 57.6 cm³/mol. The van der Waals surface area contributed by atoms with Gasteiger partial charge < -0.3 is 10.1 Å². The molecule has 3 nitrogen and oxygen atoms in total. The summed E-state index contributed by atoms with van der Waals surface area (Å²) < 4.78 is 5.33. The Labute approximate surface area is 85.5 Å². The van der Waals surface area contributed by atoms with E-state index in [1.807, 2.05) is 20.0 Å². The Kier molecular flexibility index (Phi) is 3.89. The van der Waals surface area contributed by atoms with Crippen molar-refractivity contribution < 1.29 is 4.74 Å². The number of aryl methyl sites for hydroxylation is 1. The largest absolute Gasteiger partial charge is 0.496 e. The van der Waals surface area contributed by atoms with E-state index in [1.165, 1.54) is 0 Å². The van der Waals surface area contributed by atoms with Crippen molar-refractivity contribution >= 4 is 0 Å². The van der Waals surface area contributed by atoms with Crippen molar-refractivity contribution in [3.63, 3.8) is 0 Å². The second kappa shape index (κ2) is 4.96. The molecule has 1 heterocycles. The molecule has 0 unspecified atom stereocenters. The van der Waals surface area contributed by atoms with Crippen molar-refractivity contribution in [3.05, 3.63) is 23.0 Å². The Morgan fingerprint density at radius 1 is 1.43 bits per heavy atom. The molecule has 0 amide bonds. The van der Waals surface area contributed by atoms with E-state index < -0.39 is 0 Å². The maximum atomic E-state index is 5.33. The molecule has 0 aliphatic rings. The van der Waals surface area contributed by atoms with Crippen LogP contribution in [0, 0.1) is 13.8 Å². The van der Waals surface area contributed by atoms with Crippen LogP contribution in [0.3, 0.4) is 0 Å². The third kappa shape index (κ3) is 2.23. The highest BCUT2D eigenvalue weighted by molar-refractivity contribution is 5.40. The van der Waals surface area contributed by atoms with Gasteiger partial charge in [-0.25, -0.2) is 0 Å². The molecule has 1 aromatic heterocycles. The molecule has 3 heteroatoms. The van der Waals surface area contributed by atoms with Crippen LogP contribution in [-0.4, -0.2) is 18.6 Å². The molecule has 0 saturated heterocycles. The Hall–Kier alpha value is -1.09. The molecule has 0 aliphatic carbocycles. The minimum Gasteiger partial charge on any atom is -0.496 e. The Morgan fingerprint density at radius 2 is 2.14 bits per heavy atom. The van der Waals surface area contributed by atoms with E-state index in [4.69, 9.17) is 4.74 Å². The van der Waals surface area contributed by atoms with Crippen LogP contribution in [0.25, 0.3) is 0 Å².